The van der Waals surface area contributed by atoms with E-state index in [0.717, 1.165) is 6.42 Å². The molecular formula is C11H15FN4OS. The van der Waals surface area contributed by atoms with Gasteiger partial charge >= 0.3 is 0 Å². The van der Waals surface area contributed by atoms with E-state index < -0.39 is 10.8 Å². The smallest absolute Gasteiger partial charge is 0.243 e. The molecule has 0 aliphatic heterocycles. The summed E-state index contributed by atoms with van der Waals surface area (Å²) in [6, 6.07) is 2.91. The van der Waals surface area contributed by atoms with Gasteiger partial charge in [0.05, 0.1) is 6.20 Å². The van der Waals surface area contributed by atoms with Gasteiger partial charge < -0.3 is 5.32 Å². The average molecular weight is 270 g/mol. The fraction of sp³-hybridized carbons (Fsp3) is 0.455. The van der Waals surface area contributed by atoms with E-state index >= 15 is 0 Å². The molecule has 0 fully saturated rings. The van der Waals surface area contributed by atoms with Crippen molar-refractivity contribution in [1.82, 2.24) is 14.6 Å². The van der Waals surface area contributed by atoms with Crippen LogP contribution in [0.15, 0.2) is 18.3 Å². The minimum atomic E-state index is -0.822. The maximum absolute atomic E-state index is 12.9. The lowest BCUT2D eigenvalue weighted by molar-refractivity contribution is 0.614. The lowest BCUT2D eigenvalue weighted by Crippen LogP contribution is -2.15. The first-order chi connectivity index (χ1) is 8.56. The number of nitrogens with one attached hydrogen (secondary N) is 1. The lowest BCUT2D eigenvalue weighted by atomic mass is 10.3. The number of anilines is 1. The lowest BCUT2D eigenvalue weighted by Gasteiger charge is -2.07. The number of halogens is 1. The largest absolute Gasteiger partial charge is 0.353 e. The van der Waals surface area contributed by atoms with Gasteiger partial charge in [-0.2, -0.15) is 4.98 Å². The van der Waals surface area contributed by atoms with Gasteiger partial charge in [-0.05, 0) is 18.6 Å². The van der Waals surface area contributed by atoms with Crippen LogP contribution >= 0.6 is 0 Å². The van der Waals surface area contributed by atoms with Gasteiger partial charge in [0.15, 0.2) is 5.65 Å². The predicted octanol–water partition coefficient (Wildman–Crippen LogP) is 1.44. The topological polar surface area (TPSA) is 59.3 Å². The van der Waals surface area contributed by atoms with E-state index in [2.05, 4.69) is 15.4 Å². The number of hydrogen-bond acceptors (Lipinski definition) is 4. The summed E-state index contributed by atoms with van der Waals surface area (Å²) in [5, 5.41) is 7.26. The quantitative estimate of drug-likeness (QED) is 0.893. The molecular weight excluding hydrogens is 255 g/mol. The van der Waals surface area contributed by atoms with Crippen molar-refractivity contribution < 1.29 is 8.60 Å². The summed E-state index contributed by atoms with van der Waals surface area (Å²) in [4.78, 5) is 4.19. The van der Waals surface area contributed by atoms with Crippen LogP contribution in [0.25, 0.3) is 5.65 Å². The van der Waals surface area contributed by atoms with Gasteiger partial charge in [0.2, 0.25) is 5.95 Å². The van der Waals surface area contributed by atoms with Gasteiger partial charge in [0.25, 0.3) is 0 Å². The van der Waals surface area contributed by atoms with Crippen LogP contribution < -0.4 is 5.32 Å². The van der Waals surface area contributed by atoms with Crippen molar-refractivity contribution in [3.8, 4) is 0 Å². The van der Waals surface area contributed by atoms with Crippen LogP contribution in [0.3, 0.4) is 0 Å². The normalized spacial score (nSPS) is 14.6. The van der Waals surface area contributed by atoms with Crippen molar-refractivity contribution in [2.45, 2.75) is 18.6 Å². The Bertz CT molecular complexity index is 571. The van der Waals surface area contributed by atoms with Crippen LogP contribution in [0.4, 0.5) is 10.3 Å². The molecule has 2 heterocycles. The first-order valence-electron chi connectivity index (χ1n) is 5.64. The highest BCUT2D eigenvalue weighted by molar-refractivity contribution is 7.84. The zero-order valence-electron chi connectivity index (χ0n) is 10.3. The molecule has 0 amide bonds. The molecule has 0 saturated carbocycles. The van der Waals surface area contributed by atoms with Crippen molar-refractivity contribution in [2.75, 3.05) is 18.1 Å². The molecule has 0 radical (unpaired) electrons. The number of nitrogens with zero attached hydrogens (tertiary/aromatic N) is 3. The van der Waals surface area contributed by atoms with Crippen LogP contribution in [0.1, 0.15) is 13.3 Å². The van der Waals surface area contributed by atoms with Gasteiger partial charge in [0, 0.05) is 28.9 Å². The van der Waals surface area contributed by atoms with Crippen molar-refractivity contribution in [1.29, 1.82) is 0 Å². The third-order valence-electron chi connectivity index (χ3n) is 2.70. The zero-order chi connectivity index (χ0) is 13.1. The summed E-state index contributed by atoms with van der Waals surface area (Å²) in [5.41, 5.74) is 0.589. The van der Waals surface area contributed by atoms with Gasteiger partial charge in [-0.3, -0.25) is 4.21 Å². The fourth-order valence-corrected chi connectivity index (χ4v) is 1.94. The van der Waals surface area contributed by atoms with E-state index in [1.807, 2.05) is 6.92 Å². The summed E-state index contributed by atoms with van der Waals surface area (Å²) in [5.74, 6) is 0.101. The van der Waals surface area contributed by atoms with E-state index in [1.54, 1.807) is 12.3 Å². The Morgan fingerprint density at radius 1 is 1.56 bits per heavy atom. The van der Waals surface area contributed by atoms with E-state index in [0.29, 0.717) is 18.1 Å². The Balaban J connectivity index is 1.98. The minimum Gasteiger partial charge on any atom is -0.353 e. The summed E-state index contributed by atoms with van der Waals surface area (Å²) in [6.45, 7) is 2.57. The Morgan fingerprint density at radius 2 is 2.33 bits per heavy atom. The van der Waals surface area contributed by atoms with E-state index in [1.165, 1.54) is 16.8 Å². The molecule has 0 aliphatic rings. The second-order valence-electron chi connectivity index (χ2n) is 4.11. The van der Waals surface area contributed by atoms with Crippen LogP contribution in [0, 0.1) is 5.82 Å². The number of aromatic nitrogens is 3. The monoisotopic (exact) mass is 270 g/mol. The van der Waals surface area contributed by atoms with Crippen molar-refractivity contribution in [3.63, 3.8) is 0 Å². The molecule has 98 valence electrons. The maximum atomic E-state index is 12.9. The predicted molar refractivity (Wildman–Crippen MR) is 69.6 cm³/mol. The molecule has 0 saturated heterocycles. The summed E-state index contributed by atoms with van der Waals surface area (Å²) in [6.07, 6.45) is 3.74. The highest BCUT2D eigenvalue weighted by Gasteiger charge is 2.07. The fourth-order valence-electron chi connectivity index (χ4n) is 1.49. The summed E-state index contributed by atoms with van der Waals surface area (Å²) in [7, 11) is -0.822. The van der Waals surface area contributed by atoms with Crippen LogP contribution in [-0.2, 0) is 10.8 Å². The average Bonchev–Trinajstić information content (AvgIpc) is 2.70. The highest BCUT2D eigenvalue weighted by atomic mass is 32.2. The standard InChI is InChI=1S/C11H15FN4OS/c1-8(18(2)17)5-6-13-11-14-10-4-3-9(12)7-16(10)15-11/h3-4,7-8H,5-6H2,1-2H3,(H,13,15). The number of rotatable bonds is 5. The number of hydrogen-bond donors (Lipinski definition) is 1. The van der Waals surface area contributed by atoms with Gasteiger partial charge in [-0.1, -0.05) is 6.92 Å². The molecule has 0 bridgehead atoms. The molecule has 0 aromatic carbocycles. The molecule has 0 spiro atoms. The van der Waals surface area contributed by atoms with Crippen LogP contribution in [0.5, 0.6) is 0 Å². The minimum absolute atomic E-state index is 0.131. The zero-order valence-corrected chi connectivity index (χ0v) is 11.1. The molecule has 2 unspecified atom stereocenters. The first kappa shape index (κ1) is 12.9. The number of fused-ring (bicyclic) bond motifs is 1. The Morgan fingerprint density at radius 3 is 3.06 bits per heavy atom. The number of pyridine rings is 1. The molecule has 0 aliphatic carbocycles. The van der Waals surface area contributed by atoms with E-state index in [4.69, 9.17) is 0 Å². The Kier molecular flexibility index (Phi) is 3.90. The summed E-state index contributed by atoms with van der Waals surface area (Å²) < 4.78 is 25.5. The summed E-state index contributed by atoms with van der Waals surface area (Å²) >= 11 is 0. The van der Waals surface area contributed by atoms with E-state index in [9.17, 15) is 8.60 Å². The van der Waals surface area contributed by atoms with Gasteiger partial charge in [-0.15, -0.1) is 5.10 Å². The molecule has 2 atom stereocenters. The van der Waals surface area contributed by atoms with Crippen LogP contribution in [0.2, 0.25) is 0 Å². The Hall–Kier alpha value is -1.50. The van der Waals surface area contributed by atoms with Gasteiger partial charge in [-0.25, -0.2) is 8.91 Å². The molecule has 2 rings (SSSR count). The molecule has 1 N–H and O–H groups in total. The van der Waals surface area contributed by atoms with Gasteiger partial charge in [0.1, 0.15) is 5.82 Å². The molecule has 2 aromatic heterocycles. The SMILES string of the molecule is CC(CCNc1nc2ccc(F)cn2n1)S(C)=O. The maximum Gasteiger partial charge on any atom is 0.243 e. The molecule has 2 aromatic rings. The first-order valence-corrected chi connectivity index (χ1v) is 7.26. The Labute approximate surface area is 107 Å². The van der Waals surface area contributed by atoms with Crippen molar-refractivity contribution >= 4 is 22.4 Å². The second kappa shape index (κ2) is 5.43. The molecule has 7 heteroatoms. The van der Waals surface area contributed by atoms with Crippen LogP contribution in [-0.4, -0.2) is 36.9 Å². The highest BCUT2D eigenvalue weighted by Crippen LogP contribution is 2.07. The van der Waals surface area contributed by atoms with E-state index in [-0.39, 0.29) is 11.1 Å². The third-order valence-corrected chi connectivity index (χ3v) is 4.06. The third kappa shape index (κ3) is 3.04. The molecule has 18 heavy (non-hydrogen) atoms. The second-order valence-corrected chi connectivity index (χ2v) is 5.91. The van der Waals surface area contributed by atoms with Crippen molar-refractivity contribution in [3.05, 3.63) is 24.1 Å². The molecule has 5 nitrogen and oxygen atoms in total. The van der Waals surface area contributed by atoms with Crippen molar-refractivity contribution in [2.24, 2.45) is 0 Å².